The maximum absolute atomic E-state index is 11.2. The molecular weight excluding hydrogens is 376 g/mol. The molecule has 1 saturated heterocycles. The average molecular weight is 392 g/mol. The van der Waals surface area contributed by atoms with Crippen LogP contribution in [0.4, 0.5) is 0 Å². The highest BCUT2D eigenvalue weighted by Crippen LogP contribution is 2.32. The maximum Gasteiger partial charge on any atom is 0.309 e. The van der Waals surface area contributed by atoms with Gasteiger partial charge in [-0.3, -0.25) is 14.7 Å². The molecule has 2 rings (SSSR count). The van der Waals surface area contributed by atoms with Crippen molar-refractivity contribution < 1.29 is 9.90 Å². The number of carbonyl (C=O) groups is 1. The third-order valence-corrected chi connectivity index (χ3v) is 4.85. The van der Waals surface area contributed by atoms with E-state index in [4.69, 9.17) is 0 Å². The number of carboxylic acid groups (broad SMARTS) is 1. The van der Waals surface area contributed by atoms with E-state index < -0.39 is 11.4 Å². The quantitative estimate of drug-likeness (QED) is 0.858. The fourth-order valence-corrected chi connectivity index (χ4v) is 3.30. The molecule has 0 unspecified atom stereocenters. The number of nitrogens with zero attached hydrogens (tertiary/aromatic N) is 2. The van der Waals surface area contributed by atoms with Gasteiger partial charge in [0.05, 0.1) is 11.1 Å². The summed E-state index contributed by atoms with van der Waals surface area (Å²) >= 11 is 6.89. The predicted octanol–water partition coefficient (Wildman–Crippen LogP) is 3.29. The van der Waals surface area contributed by atoms with Crippen LogP contribution in [0.25, 0.3) is 0 Å². The van der Waals surface area contributed by atoms with Gasteiger partial charge in [-0.05, 0) is 70.8 Å². The number of halogens is 2. The summed E-state index contributed by atoms with van der Waals surface area (Å²) in [6, 6.07) is 1.98. The number of aliphatic carboxylic acids is 1. The molecule has 0 bridgehead atoms. The topological polar surface area (TPSA) is 53.4 Å². The predicted molar refractivity (Wildman–Crippen MR) is 79.9 cm³/mol. The van der Waals surface area contributed by atoms with Crippen molar-refractivity contribution in [3.8, 4) is 0 Å². The molecule has 104 valence electrons. The summed E-state index contributed by atoms with van der Waals surface area (Å²) in [6.45, 7) is 4.18. The van der Waals surface area contributed by atoms with Crippen molar-refractivity contribution in [3.63, 3.8) is 0 Å². The Balaban J connectivity index is 1.98. The van der Waals surface area contributed by atoms with Crippen molar-refractivity contribution in [2.45, 2.75) is 26.3 Å². The van der Waals surface area contributed by atoms with Gasteiger partial charge in [-0.15, -0.1) is 0 Å². The molecule has 0 amide bonds. The Morgan fingerprint density at radius 2 is 2.11 bits per heavy atom. The fourth-order valence-electron chi connectivity index (χ4n) is 2.19. The van der Waals surface area contributed by atoms with E-state index in [0.717, 1.165) is 34.3 Å². The van der Waals surface area contributed by atoms with Crippen molar-refractivity contribution in [1.29, 1.82) is 0 Å². The number of pyridine rings is 1. The van der Waals surface area contributed by atoms with Gasteiger partial charge in [0.25, 0.3) is 0 Å². The molecule has 1 aromatic heterocycles. The standard InChI is InChI=1S/C13H16Br2N2O2/c1-13(12(18)19)2-4-17(5-3-13)8-11-10(15)6-9(14)7-16-11/h6-7H,2-5,8H2,1H3,(H,18,19). The lowest BCUT2D eigenvalue weighted by atomic mass is 9.80. The third-order valence-electron chi connectivity index (χ3n) is 3.73. The van der Waals surface area contributed by atoms with Crippen LogP contribution in [-0.2, 0) is 11.3 Å². The van der Waals surface area contributed by atoms with E-state index >= 15 is 0 Å². The molecule has 6 heteroatoms. The van der Waals surface area contributed by atoms with Crippen molar-refractivity contribution in [2.24, 2.45) is 5.41 Å². The van der Waals surface area contributed by atoms with E-state index in [0.29, 0.717) is 12.8 Å². The summed E-state index contributed by atoms with van der Waals surface area (Å²) in [4.78, 5) is 17.8. The SMILES string of the molecule is CC1(C(=O)O)CCN(Cc2ncc(Br)cc2Br)CC1. The van der Waals surface area contributed by atoms with E-state index in [1.165, 1.54) is 0 Å². The van der Waals surface area contributed by atoms with Crippen LogP contribution >= 0.6 is 31.9 Å². The summed E-state index contributed by atoms with van der Waals surface area (Å²) in [5.74, 6) is -0.685. The van der Waals surface area contributed by atoms with Gasteiger partial charge in [0.15, 0.2) is 0 Å². The molecule has 0 aliphatic carbocycles. The minimum atomic E-state index is -0.685. The molecule has 1 N–H and O–H groups in total. The second-order valence-corrected chi connectivity index (χ2v) is 6.99. The molecule has 1 aliphatic heterocycles. The molecule has 1 aliphatic rings. The average Bonchev–Trinajstić information content (AvgIpc) is 2.35. The molecule has 0 saturated carbocycles. The van der Waals surface area contributed by atoms with Gasteiger partial charge in [0.1, 0.15) is 0 Å². The first-order valence-electron chi connectivity index (χ1n) is 6.16. The number of hydrogen-bond acceptors (Lipinski definition) is 3. The molecule has 0 aromatic carbocycles. The number of piperidine rings is 1. The van der Waals surface area contributed by atoms with Crippen LogP contribution in [0.15, 0.2) is 21.2 Å². The van der Waals surface area contributed by atoms with Crippen molar-refractivity contribution in [2.75, 3.05) is 13.1 Å². The fraction of sp³-hybridized carbons (Fsp3) is 0.538. The summed E-state index contributed by atoms with van der Waals surface area (Å²) in [6.07, 6.45) is 3.17. The van der Waals surface area contributed by atoms with Crippen LogP contribution in [0.1, 0.15) is 25.5 Å². The van der Waals surface area contributed by atoms with Gasteiger partial charge in [-0.1, -0.05) is 0 Å². The highest BCUT2D eigenvalue weighted by Gasteiger charge is 2.36. The summed E-state index contributed by atoms with van der Waals surface area (Å²) in [7, 11) is 0. The zero-order valence-electron chi connectivity index (χ0n) is 10.7. The molecule has 19 heavy (non-hydrogen) atoms. The van der Waals surface area contributed by atoms with Gasteiger partial charge >= 0.3 is 5.97 Å². The summed E-state index contributed by atoms with van der Waals surface area (Å²) in [5.41, 5.74) is 0.420. The van der Waals surface area contributed by atoms with Crippen molar-refractivity contribution in [3.05, 3.63) is 26.9 Å². The van der Waals surface area contributed by atoms with Gasteiger partial charge in [-0.2, -0.15) is 0 Å². The van der Waals surface area contributed by atoms with Gasteiger partial charge < -0.3 is 5.11 Å². The lowest BCUT2D eigenvalue weighted by molar-refractivity contribution is -0.150. The number of carboxylic acids is 1. The van der Waals surface area contributed by atoms with Crippen LogP contribution in [0.5, 0.6) is 0 Å². The van der Waals surface area contributed by atoms with Crippen LogP contribution in [0, 0.1) is 5.41 Å². The highest BCUT2D eigenvalue weighted by atomic mass is 79.9. The van der Waals surface area contributed by atoms with E-state index in [1.807, 2.05) is 13.0 Å². The zero-order chi connectivity index (χ0) is 14.0. The smallest absolute Gasteiger partial charge is 0.309 e. The van der Waals surface area contributed by atoms with E-state index in [9.17, 15) is 9.90 Å². The van der Waals surface area contributed by atoms with Crippen LogP contribution in [0.3, 0.4) is 0 Å². The first kappa shape index (κ1) is 14.9. The number of likely N-dealkylation sites (tertiary alicyclic amines) is 1. The first-order chi connectivity index (χ1) is 8.90. The highest BCUT2D eigenvalue weighted by molar-refractivity contribution is 9.11. The molecular formula is C13H16Br2N2O2. The van der Waals surface area contributed by atoms with Crippen LogP contribution in [0.2, 0.25) is 0 Å². The molecule has 0 radical (unpaired) electrons. The Morgan fingerprint density at radius 3 is 2.63 bits per heavy atom. The second-order valence-electron chi connectivity index (χ2n) is 5.22. The normalized spacial score (nSPS) is 19.3. The van der Waals surface area contributed by atoms with Gasteiger partial charge in [0.2, 0.25) is 0 Å². The second kappa shape index (κ2) is 5.89. The van der Waals surface area contributed by atoms with Crippen LogP contribution < -0.4 is 0 Å². The Bertz CT molecular complexity index is 486. The van der Waals surface area contributed by atoms with E-state index in [-0.39, 0.29) is 0 Å². The monoisotopic (exact) mass is 390 g/mol. The molecule has 2 heterocycles. The Labute approximate surface area is 129 Å². The molecule has 1 fully saturated rings. The summed E-state index contributed by atoms with van der Waals surface area (Å²) in [5, 5.41) is 9.20. The summed E-state index contributed by atoms with van der Waals surface area (Å²) < 4.78 is 1.92. The minimum absolute atomic E-state index is 0.569. The lowest BCUT2D eigenvalue weighted by Crippen LogP contribution is -2.42. The third kappa shape index (κ3) is 3.55. The van der Waals surface area contributed by atoms with Gasteiger partial charge in [0, 0.05) is 21.7 Å². The van der Waals surface area contributed by atoms with E-state index in [2.05, 4.69) is 41.7 Å². The molecule has 0 spiro atoms. The number of hydrogen-bond donors (Lipinski definition) is 1. The van der Waals surface area contributed by atoms with Crippen molar-refractivity contribution >= 4 is 37.8 Å². The Kier molecular flexibility index (Phi) is 4.63. The van der Waals surface area contributed by atoms with E-state index in [1.54, 1.807) is 6.20 Å². The number of rotatable bonds is 3. The molecule has 1 aromatic rings. The Hall–Kier alpha value is -0.460. The van der Waals surface area contributed by atoms with Crippen molar-refractivity contribution in [1.82, 2.24) is 9.88 Å². The van der Waals surface area contributed by atoms with Crippen LogP contribution in [-0.4, -0.2) is 34.0 Å². The first-order valence-corrected chi connectivity index (χ1v) is 7.75. The Morgan fingerprint density at radius 1 is 1.47 bits per heavy atom. The lowest BCUT2D eigenvalue weighted by Gasteiger charge is -2.36. The molecule has 4 nitrogen and oxygen atoms in total. The minimum Gasteiger partial charge on any atom is -0.481 e. The molecule has 0 atom stereocenters. The zero-order valence-corrected chi connectivity index (χ0v) is 13.9. The van der Waals surface area contributed by atoms with Gasteiger partial charge in [-0.25, -0.2) is 0 Å². The maximum atomic E-state index is 11.2. The number of aromatic nitrogens is 1. The largest absolute Gasteiger partial charge is 0.481 e.